The van der Waals surface area contributed by atoms with Gasteiger partial charge in [0.2, 0.25) is 5.91 Å². The Bertz CT molecular complexity index is 1320. The molecule has 2 amide bonds. The number of ether oxygens (including phenoxy) is 1. The van der Waals surface area contributed by atoms with Crippen molar-refractivity contribution in [3.8, 4) is 0 Å². The summed E-state index contributed by atoms with van der Waals surface area (Å²) >= 11 is 0. The molecule has 0 atom stereocenters. The van der Waals surface area contributed by atoms with Crippen LogP contribution in [-0.2, 0) is 20.9 Å². The van der Waals surface area contributed by atoms with Crippen molar-refractivity contribution in [3.63, 3.8) is 0 Å². The lowest BCUT2D eigenvalue weighted by atomic mass is 10.1. The summed E-state index contributed by atoms with van der Waals surface area (Å²) in [5, 5.41) is 13.7. The molecule has 2 aliphatic heterocycles. The van der Waals surface area contributed by atoms with Gasteiger partial charge in [-0.15, -0.1) is 0 Å². The molecule has 1 aliphatic carbocycles. The van der Waals surface area contributed by atoms with Gasteiger partial charge in [-0.3, -0.25) is 14.9 Å². The highest BCUT2D eigenvalue weighted by Crippen LogP contribution is 2.28. The molecule has 0 bridgehead atoms. The second kappa shape index (κ2) is 8.99. The van der Waals surface area contributed by atoms with Crippen molar-refractivity contribution in [2.75, 3.05) is 41.8 Å². The first-order valence-corrected chi connectivity index (χ1v) is 11.8. The quantitative estimate of drug-likeness (QED) is 0.346. The van der Waals surface area contributed by atoms with E-state index in [-0.39, 0.29) is 18.2 Å². The Labute approximate surface area is 201 Å². The molecule has 3 aromatic rings. The third-order valence-corrected chi connectivity index (χ3v) is 6.27. The van der Waals surface area contributed by atoms with Gasteiger partial charge in [0.1, 0.15) is 17.5 Å². The number of carbonyl (C=O) groups is 2. The zero-order chi connectivity index (χ0) is 23.8. The van der Waals surface area contributed by atoms with E-state index in [4.69, 9.17) is 9.72 Å². The monoisotopic (exact) mass is 474 g/mol. The molecule has 11 heteroatoms. The van der Waals surface area contributed by atoms with Gasteiger partial charge < -0.3 is 20.3 Å². The maximum absolute atomic E-state index is 12.0. The van der Waals surface area contributed by atoms with Crippen molar-refractivity contribution in [3.05, 3.63) is 47.3 Å². The Hall–Kier alpha value is -3.99. The van der Waals surface area contributed by atoms with Crippen molar-refractivity contribution in [1.29, 1.82) is 0 Å². The van der Waals surface area contributed by atoms with E-state index in [0.29, 0.717) is 48.4 Å². The molecule has 3 N–H and O–H groups in total. The summed E-state index contributed by atoms with van der Waals surface area (Å²) < 4.78 is 7.19. The summed E-state index contributed by atoms with van der Waals surface area (Å²) in [5.74, 6) is 1.81. The van der Waals surface area contributed by atoms with Crippen molar-refractivity contribution in [2.24, 2.45) is 0 Å². The fourth-order valence-corrected chi connectivity index (χ4v) is 4.25. The molecule has 5 heterocycles. The fourth-order valence-electron chi connectivity index (χ4n) is 4.25. The average molecular weight is 475 g/mol. The lowest BCUT2D eigenvalue weighted by molar-refractivity contribution is -0.124. The molecule has 3 fully saturated rings. The molecule has 2 saturated heterocycles. The molecule has 0 unspecified atom stereocenters. The number of anilines is 3. The highest BCUT2D eigenvalue weighted by molar-refractivity contribution is 6.15. The third-order valence-electron chi connectivity index (χ3n) is 6.27. The Kier molecular flexibility index (Phi) is 5.53. The number of hydrogen-bond acceptors (Lipinski definition) is 9. The SMILES string of the molecule is O=C1C/C(=C\c2cnn3c(NC4CC4)cc(NCc4ccnc(N5CCOCC5)c4)nc23)C(=O)N1. The van der Waals surface area contributed by atoms with Gasteiger partial charge in [-0.2, -0.15) is 9.61 Å². The first-order chi connectivity index (χ1) is 17.1. The Morgan fingerprint density at radius 1 is 1.20 bits per heavy atom. The fraction of sp³-hybridized carbons (Fsp3) is 0.375. The number of carbonyl (C=O) groups excluding carboxylic acids is 2. The Balaban J connectivity index is 1.27. The zero-order valence-electron chi connectivity index (χ0n) is 19.2. The first kappa shape index (κ1) is 21.5. The minimum absolute atomic E-state index is 0.0643. The largest absolute Gasteiger partial charge is 0.378 e. The summed E-state index contributed by atoms with van der Waals surface area (Å²) in [4.78, 5) is 35.2. The van der Waals surface area contributed by atoms with Crippen LogP contribution in [0.2, 0.25) is 0 Å². The molecule has 6 rings (SSSR count). The Morgan fingerprint density at radius 3 is 2.83 bits per heavy atom. The summed E-state index contributed by atoms with van der Waals surface area (Å²) in [6.07, 6.45) is 7.49. The summed E-state index contributed by atoms with van der Waals surface area (Å²) in [7, 11) is 0. The molecule has 180 valence electrons. The molecular formula is C24H26N8O3. The second-order valence-corrected chi connectivity index (χ2v) is 8.98. The van der Waals surface area contributed by atoms with Crippen LogP contribution in [0.15, 0.2) is 36.2 Å². The Morgan fingerprint density at radius 2 is 2.06 bits per heavy atom. The van der Waals surface area contributed by atoms with Gasteiger partial charge in [0.15, 0.2) is 5.65 Å². The summed E-state index contributed by atoms with van der Waals surface area (Å²) in [6, 6.07) is 6.45. The maximum atomic E-state index is 12.0. The number of pyridine rings is 1. The predicted octanol–water partition coefficient (Wildman–Crippen LogP) is 1.58. The van der Waals surface area contributed by atoms with Crippen LogP contribution < -0.4 is 20.9 Å². The van der Waals surface area contributed by atoms with Gasteiger partial charge in [0.25, 0.3) is 5.91 Å². The second-order valence-electron chi connectivity index (χ2n) is 8.98. The van der Waals surface area contributed by atoms with E-state index < -0.39 is 0 Å². The van der Waals surface area contributed by atoms with Gasteiger partial charge in [-0.1, -0.05) is 0 Å². The van der Waals surface area contributed by atoms with E-state index >= 15 is 0 Å². The van der Waals surface area contributed by atoms with E-state index in [2.05, 4.69) is 37.0 Å². The smallest absolute Gasteiger partial charge is 0.254 e. The summed E-state index contributed by atoms with van der Waals surface area (Å²) in [6.45, 7) is 3.67. The van der Waals surface area contributed by atoms with E-state index in [9.17, 15) is 9.59 Å². The molecule has 3 aromatic heterocycles. The van der Waals surface area contributed by atoms with Gasteiger partial charge in [-0.25, -0.2) is 9.97 Å². The van der Waals surface area contributed by atoms with Crippen LogP contribution in [-0.4, -0.2) is 63.7 Å². The van der Waals surface area contributed by atoms with Gasteiger partial charge >= 0.3 is 0 Å². The number of hydrogen-bond donors (Lipinski definition) is 3. The van der Waals surface area contributed by atoms with Crippen LogP contribution in [0, 0.1) is 0 Å². The highest BCUT2D eigenvalue weighted by atomic mass is 16.5. The lowest BCUT2D eigenvalue weighted by Gasteiger charge is -2.28. The number of fused-ring (bicyclic) bond motifs is 1. The van der Waals surface area contributed by atoms with E-state index in [1.807, 2.05) is 18.3 Å². The van der Waals surface area contributed by atoms with Crippen LogP contribution in [0.25, 0.3) is 11.7 Å². The van der Waals surface area contributed by atoms with Crippen molar-refractivity contribution >= 4 is 41.0 Å². The standard InChI is InChI=1S/C24H26N8O3/c33-22-11-16(24(34)30-22)10-17-14-27-32-21(28-18-1-2-18)12-19(29-23(17)32)26-13-15-3-4-25-20(9-15)31-5-7-35-8-6-31/h3-4,9-10,12,14,18,28H,1-2,5-8,11,13H2,(H,26,29)(H,30,33,34)/b16-10+. The lowest BCUT2D eigenvalue weighted by Crippen LogP contribution is -2.36. The predicted molar refractivity (Wildman–Crippen MR) is 130 cm³/mol. The van der Waals surface area contributed by atoms with Crippen LogP contribution in [0.1, 0.15) is 30.4 Å². The van der Waals surface area contributed by atoms with Crippen LogP contribution in [0.4, 0.5) is 17.5 Å². The third kappa shape index (κ3) is 4.67. The number of morpholine rings is 1. The number of nitrogens with one attached hydrogen (secondary N) is 3. The maximum Gasteiger partial charge on any atom is 0.254 e. The molecule has 0 radical (unpaired) electrons. The number of nitrogens with zero attached hydrogens (tertiary/aromatic N) is 5. The molecule has 0 spiro atoms. The minimum atomic E-state index is -0.367. The van der Waals surface area contributed by atoms with E-state index in [0.717, 1.165) is 43.1 Å². The van der Waals surface area contributed by atoms with Gasteiger partial charge in [-0.05, 0) is 36.6 Å². The minimum Gasteiger partial charge on any atom is -0.378 e. The van der Waals surface area contributed by atoms with E-state index in [1.54, 1.807) is 16.8 Å². The van der Waals surface area contributed by atoms with Crippen LogP contribution in [0.5, 0.6) is 0 Å². The average Bonchev–Trinajstić information content (AvgIpc) is 3.51. The normalized spacial score (nSPS) is 19.4. The topological polar surface area (TPSA) is 126 Å². The highest BCUT2D eigenvalue weighted by Gasteiger charge is 2.26. The number of amides is 2. The van der Waals surface area contributed by atoms with Crippen molar-refractivity contribution < 1.29 is 14.3 Å². The molecule has 11 nitrogen and oxygen atoms in total. The first-order valence-electron chi connectivity index (χ1n) is 11.8. The molecule has 1 saturated carbocycles. The zero-order valence-corrected chi connectivity index (χ0v) is 19.2. The van der Waals surface area contributed by atoms with Gasteiger partial charge in [0.05, 0.1) is 25.8 Å². The van der Waals surface area contributed by atoms with Crippen LogP contribution in [0.3, 0.4) is 0 Å². The van der Waals surface area contributed by atoms with Crippen molar-refractivity contribution in [1.82, 2.24) is 24.9 Å². The summed E-state index contributed by atoms with van der Waals surface area (Å²) in [5.41, 5.74) is 2.80. The molecule has 3 aliphatic rings. The van der Waals surface area contributed by atoms with Crippen LogP contribution >= 0.6 is 0 Å². The number of imide groups is 1. The number of rotatable bonds is 7. The number of aromatic nitrogens is 4. The van der Waals surface area contributed by atoms with Crippen molar-refractivity contribution in [2.45, 2.75) is 31.8 Å². The van der Waals surface area contributed by atoms with Gasteiger partial charge in [0, 0.05) is 49.1 Å². The molecular weight excluding hydrogens is 448 g/mol. The molecule has 0 aromatic carbocycles. The van der Waals surface area contributed by atoms with E-state index in [1.165, 1.54) is 0 Å². The molecule has 35 heavy (non-hydrogen) atoms.